The second-order valence-electron chi connectivity index (χ2n) is 3.65. The maximum Gasteiger partial charge on any atom is 0.326 e. The molecule has 0 heterocycles. The molecule has 0 radical (unpaired) electrons. The summed E-state index contributed by atoms with van der Waals surface area (Å²) in [5.74, 6) is -1.82. The molecule has 1 aromatic rings. The van der Waals surface area contributed by atoms with E-state index in [2.05, 4.69) is 5.32 Å². The van der Waals surface area contributed by atoms with Gasteiger partial charge in [0.1, 0.15) is 6.04 Å². The number of nitrogen functional groups attached to an aromatic ring is 1. The molecule has 1 atom stereocenters. The molecule has 1 amide bonds. The maximum absolute atomic E-state index is 11.8. The number of halogens is 1. The lowest BCUT2D eigenvalue weighted by Gasteiger charge is -2.13. The lowest BCUT2D eigenvalue weighted by atomic mass is 10.1. The molecule has 0 saturated carbocycles. The predicted octanol–water partition coefficient (Wildman–Crippen LogP) is 0.488. The number of hydrogen-bond donors (Lipinski definition) is 4. The molecule has 6 nitrogen and oxygen atoms in total. The summed E-state index contributed by atoms with van der Waals surface area (Å²) in [4.78, 5) is 22.6. The molecule has 0 aliphatic rings. The topological polar surface area (TPSA) is 113 Å². The van der Waals surface area contributed by atoms with Gasteiger partial charge in [-0.25, -0.2) is 4.79 Å². The predicted molar refractivity (Wildman–Crippen MR) is 66.5 cm³/mol. The number of anilines is 1. The van der Waals surface area contributed by atoms with E-state index >= 15 is 0 Å². The van der Waals surface area contributed by atoms with Crippen LogP contribution >= 0.6 is 11.6 Å². The molecule has 5 N–H and O–H groups in total. The van der Waals surface area contributed by atoms with Crippen molar-refractivity contribution in [2.75, 3.05) is 12.3 Å². The van der Waals surface area contributed by atoms with Gasteiger partial charge in [-0.3, -0.25) is 4.79 Å². The number of carbonyl (C=O) groups is 2. The van der Waals surface area contributed by atoms with Crippen molar-refractivity contribution >= 4 is 29.2 Å². The molecule has 0 fully saturated rings. The number of nitrogens with two attached hydrogens (primary N) is 1. The zero-order chi connectivity index (χ0) is 13.7. The molecular weight excluding hydrogens is 260 g/mol. The summed E-state index contributed by atoms with van der Waals surface area (Å²) in [6.45, 7) is -0.338. The van der Waals surface area contributed by atoms with Crippen molar-refractivity contribution in [3.63, 3.8) is 0 Å². The summed E-state index contributed by atoms with van der Waals surface area (Å²) in [6.07, 6.45) is -0.0723. The van der Waals surface area contributed by atoms with Gasteiger partial charge in [0.05, 0.1) is 0 Å². The zero-order valence-corrected chi connectivity index (χ0v) is 10.1. The van der Waals surface area contributed by atoms with Gasteiger partial charge in [-0.05, 0) is 18.2 Å². The van der Waals surface area contributed by atoms with Crippen molar-refractivity contribution in [2.45, 2.75) is 12.5 Å². The molecule has 18 heavy (non-hydrogen) atoms. The number of carbonyl (C=O) groups excluding carboxylic acids is 1. The van der Waals surface area contributed by atoms with Crippen molar-refractivity contribution < 1.29 is 19.8 Å². The highest BCUT2D eigenvalue weighted by atomic mass is 35.5. The van der Waals surface area contributed by atoms with Crippen LogP contribution in [0, 0.1) is 0 Å². The number of carboxylic acids is 1. The summed E-state index contributed by atoms with van der Waals surface area (Å²) < 4.78 is 0. The molecule has 0 bridgehead atoms. The number of aliphatic hydroxyl groups excluding tert-OH is 1. The Morgan fingerprint density at radius 3 is 2.56 bits per heavy atom. The van der Waals surface area contributed by atoms with Gasteiger partial charge in [0.15, 0.2) is 0 Å². The minimum absolute atomic E-state index is 0.0723. The number of benzene rings is 1. The molecule has 1 aromatic carbocycles. The first-order valence-electron chi connectivity index (χ1n) is 5.14. The van der Waals surface area contributed by atoms with Gasteiger partial charge >= 0.3 is 5.97 Å². The minimum atomic E-state index is -1.22. The van der Waals surface area contributed by atoms with Gasteiger partial charge in [0.25, 0.3) is 5.91 Å². The summed E-state index contributed by atoms with van der Waals surface area (Å²) in [7, 11) is 0. The SMILES string of the molecule is Nc1cc(Cl)cc(C(=O)N[C@@H](CCO)C(=O)O)c1. The fourth-order valence-corrected chi connectivity index (χ4v) is 1.62. The number of amides is 1. The molecule has 0 unspecified atom stereocenters. The van der Waals surface area contributed by atoms with Crippen LogP contribution in [0.5, 0.6) is 0 Å². The Kier molecular flexibility index (Phi) is 4.94. The van der Waals surface area contributed by atoms with Gasteiger partial charge in [-0.15, -0.1) is 0 Å². The van der Waals surface area contributed by atoms with Gasteiger partial charge in [0.2, 0.25) is 0 Å². The van der Waals surface area contributed by atoms with Crippen molar-refractivity contribution in [3.8, 4) is 0 Å². The molecule has 7 heteroatoms. The van der Waals surface area contributed by atoms with E-state index in [1.165, 1.54) is 18.2 Å². The highest BCUT2D eigenvalue weighted by molar-refractivity contribution is 6.31. The molecule has 0 aromatic heterocycles. The highest BCUT2D eigenvalue weighted by Gasteiger charge is 2.20. The molecule has 0 aliphatic heterocycles. The summed E-state index contributed by atoms with van der Waals surface area (Å²) >= 11 is 5.74. The van der Waals surface area contributed by atoms with E-state index in [4.69, 9.17) is 27.5 Å². The van der Waals surface area contributed by atoms with Crippen LogP contribution in [0.25, 0.3) is 0 Å². The van der Waals surface area contributed by atoms with E-state index in [1.807, 2.05) is 0 Å². The number of hydrogen-bond acceptors (Lipinski definition) is 4. The van der Waals surface area contributed by atoms with Gasteiger partial charge < -0.3 is 21.3 Å². The Bertz CT molecular complexity index is 444. The number of carboxylic acid groups (broad SMARTS) is 1. The zero-order valence-electron chi connectivity index (χ0n) is 9.39. The first kappa shape index (κ1) is 14.3. The highest BCUT2D eigenvalue weighted by Crippen LogP contribution is 2.16. The smallest absolute Gasteiger partial charge is 0.326 e. The Hall–Kier alpha value is -1.79. The third-order valence-electron chi connectivity index (χ3n) is 2.20. The largest absolute Gasteiger partial charge is 0.480 e. The first-order chi connectivity index (χ1) is 8.43. The quantitative estimate of drug-likeness (QED) is 0.583. The average Bonchev–Trinajstić information content (AvgIpc) is 2.26. The molecular formula is C11H13ClN2O4. The van der Waals surface area contributed by atoms with Crippen molar-refractivity contribution in [2.24, 2.45) is 0 Å². The number of aliphatic carboxylic acids is 1. The van der Waals surface area contributed by atoms with Crippen LogP contribution in [-0.4, -0.2) is 34.7 Å². The van der Waals surface area contributed by atoms with Crippen molar-refractivity contribution in [1.29, 1.82) is 0 Å². The Labute approximate surface area is 108 Å². The van der Waals surface area contributed by atoms with E-state index in [-0.39, 0.29) is 23.6 Å². The second kappa shape index (κ2) is 6.23. The van der Waals surface area contributed by atoms with E-state index in [0.717, 1.165) is 0 Å². The van der Waals surface area contributed by atoms with E-state index in [0.29, 0.717) is 5.69 Å². The monoisotopic (exact) mass is 272 g/mol. The van der Waals surface area contributed by atoms with Crippen LogP contribution in [-0.2, 0) is 4.79 Å². The standard InChI is InChI=1S/C11H13ClN2O4/c12-7-3-6(4-8(13)5-7)10(16)14-9(1-2-15)11(17)18/h3-5,9,15H,1-2,13H2,(H,14,16)(H,17,18)/t9-/m0/s1. The van der Waals surface area contributed by atoms with Crippen LogP contribution in [0.3, 0.4) is 0 Å². The van der Waals surface area contributed by atoms with E-state index in [9.17, 15) is 9.59 Å². The number of aliphatic hydroxyl groups is 1. The van der Waals surface area contributed by atoms with Crippen LogP contribution in [0.1, 0.15) is 16.8 Å². The van der Waals surface area contributed by atoms with Crippen molar-refractivity contribution in [1.82, 2.24) is 5.32 Å². The number of nitrogens with one attached hydrogen (secondary N) is 1. The van der Waals surface area contributed by atoms with Gasteiger partial charge in [0, 0.05) is 29.3 Å². The first-order valence-corrected chi connectivity index (χ1v) is 5.52. The average molecular weight is 273 g/mol. The summed E-state index contributed by atoms with van der Waals surface area (Å²) in [5.41, 5.74) is 6.00. The number of rotatable bonds is 5. The molecule has 1 rings (SSSR count). The van der Waals surface area contributed by atoms with Crippen LogP contribution in [0.2, 0.25) is 5.02 Å². The molecule has 0 spiro atoms. The van der Waals surface area contributed by atoms with Crippen LogP contribution in [0.15, 0.2) is 18.2 Å². The fourth-order valence-electron chi connectivity index (χ4n) is 1.37. The Morgan fingerprint density at radius 1 is 1.39 bits per heavy atom. The Morgan fingerprint density at radius 2 is 2.06 bits per heavy atom. The summed E-state index contributed by atoms with van der Waals surface area (Å²) in [5, 5.41) is 20.1. The van der Waals surface area contributed by atoms with Crippen LogP contribution < -0.4 is 11.1 Å². The lowest BCUT2D eigenvalue weighted by Crippen LogP contribution is -2.41. The lowest BCUT2D eigenvalue weighted by molar-refractivity contribution is -0.139. The third kappa shape index (κ3) is 3.90. The molecule has 98 valence electrons. The Balaban J connectivity index is 2.83. The minimum Gasteiger partial charge on any atom is -0.480 e. The van der Waals surface area contributed by atoms with E-state index in [1.54, 1.807) is 0 Å². The van der Waals surface area contributed by atoms with Crippen LogP contribution in [0.4, 0.5) is 5.69 Å². The second-order valence-corrected chi connectivity index (χ2v) is 4.09. The molecule has 0 saturated heterocycles. The summed E-state index contributed by atoms with van der Waals surface area (Å²) in [6, 6.07) is 3.09. The fraction of sp³-hybridized carbons (Fsp3) is 0.273. The van der Waals surface area contributed by atoms with Gasteiger partial charge in [-0.1, -0.05) is 11.6 Å². The van der Waals surface area contributed by atoms with Gasteiger partial charge in [-0.2, -0.15) is 0 Å². The third-order valence-corrected chi connectivity index (χ3v) is 2.42. The van der Waals surface area contributed by atoms with E-state index < -0.39 is 17.9 Å². The molecule has 0 aliphatic carbocycles. The maximum atomic E-state index is 11.8. The normalized spacial score (nSPS) is 11.9. The van der Waals surface area contributed by atoms with Crippen molar-refractivity contribution in [3.05, 3.63) is 28.8 Å².